The van der Waals surface area contributed by atoms with E-state index in [2.05, 4.69) is 4.72 Å². The first-order chi connectivity index (χ1) is 16.7. The minimum absolute atomic E-state index is 0.00679. The van der Waals surface area contributed by atoms with Crippen LogP contribution in [-0.4, -0.2) is 31.7 Å². The fraction of sp³-hybridized carbons (Fsp3) is 0.200. The van der Waals surface area contributed by atoms with Crippen molar-refractivity contribution in [3.63, 3.8) is 0 Å². The lowest BCUT2D eigenvalue weighted by molar-refractivity contribution is -0.384. The molecule has 0 fully saturated rings. The molecule has 0 aliphatic carbocycles. The van der Waals surface area contributed by atoms with E-state index in [0.717, 1.165) is 29.8 Å². The van der Waals surface area contributed by atoms with E-state index >= 15 is 0 Å². The number of rotatable bonds is 11. The molecule has 182 valence electrons. The third-order valence-electron chi connectivity index (χ3n) is 5.31. The van der Waals surface area contributed by atoms with Crippen LogP contribution in [0.25, 0.3) is 0 Å². The van der Waals surface area contributed by atoms with Gasteiger partial charge in [0.1, 0.15) is 0 Å². The van der Waals surface area contributed by atoms with Crippen molar-refractivity contribution in [1.29, 1.82) is 0 Å². The molecule has 0 heterocycles. The Labute approximate surface area is 203 Å². The maximum absolute atomic E-state index is 13.3. The standard InChI is InChI=1S/C25H24N2O7S/c1-2-34-25(29)24(28)22(17-18-9-5-3-6-10-18)23(19-11-7-4-8-12-19)26-35(32,33)21-15-13-20(14-16-21)27(30)31/h3-16,22-23,26H,2,17H2,1H3/t22-,23-/m1/s1. The Balaban J connectivity index is 2.05. The Morgan fingerprint density at radius 1 is 0.943 bits per heavy atom. The van der Waals surface area contributed by atoms with Gasteiger partial charge in [-0.2, -0.15) is 0 Å². The van der Waals surface area contributed by atoms with E-state index in [9.17, 15) is 28.1 Å². The van der Waals surface area contributed by atoms with Crippen LogP contribution < -0.4 is 4.72 Å². The number of benzene rings is 3. The van der Waals surface area contributed by atoms with Crippen molar-refractivity contribution >= 4 is 27.5 Å². The van der Waals surface area contributed by atoms with Gasteiger partial charge in [-0.1, -0.05) is 60.7 Å². The maximum atomic E-state index is 13.3. The van der Waals surface area contributed by atoms with Crippen molar-refractivity contribution in [2.75, 3.05) is 6.61 Å². The number of carbonyl (C=O) groups excluding carboxylic acids is 2. The average Bonchev–Trinajstić information content (AvgIpc) is 2.87. The predicted octanol–water partition coefficient (Wildman–Crippen LogP) is 3.61. The highest BCUT2D eigenvalue weighted by molar-refractivity contribution is 7.89. The van der Waals surface area contributed by atoms with Gasteiger partial charge in [0.25, 0.3) is 5.69 Å². The highest BCUT2D eigenvalue weighted by Crippen LogP contribution is 2.29. The van der Waals surface area contributed by atoms with Crippen molar-refractivity contribution in [2.45, 2.75) is 24.3 Å². The number of carbonyl (C=O) groups is 2. The van der Waals surface area contributed by atoms with Crippen LogP contribution in [0.4, 0.5) is 5.69 Å². The molecule has 0 radical (unpaired) electrons. The van der Waals surface area contributed by atoms with Crippen LogP contribution in [-0.2, 0) is 30.8 Å². The first-order valence-electron chi connectivity index (χ1n) is 10.8. The molecular formula is C25H24N2O7S. The maximum Gasteiger partial charge on any atom is 0.374 e. The molecule has 0 saturated heterocycles. The van der Waals surface area contributed by atoms with E-state index in [1.54, 1.807) is 67.6 Å². The number of non-ortho nitro benzene ring substituents is 1. The normalized spacial score (nSPS) is 12.9. The fourth-order valence-corrected chi connectivity index (χ4v) is 4.87. The van der Waals surface area contributed by atoms with Crippen LogP contribution in [0.1, 0.15) is 24.1 Å². The zero-order valence-corrected chi connectivity index (χ0v) is 19.7. The third-order valence-corrected chi connectivity index (χ3v) is 6.77. The van der Waals surface area contributed by atoms with Crippen LogP contribution in [0.15, 0.2) is 89.8 Å². The predicted molar refractivity (Wildman–Crippen MR) is 128 cm³/mol. The van der Waals surface area contributed by atoms with Gasteiger partial charge in [0.05, 0.1) is 28.4 Å². The zero-order valence-electron chi connectivity index (χ0n) is 18.9. The van der Waals surface area contributed by atoms with Crippen LogP contribution in [0.5, 0.6) is 0 Å². The molecule has 3 aromatic carbocycles. The number of hydrogen-bond donors (Lipinski definition) is 1. The van der Waals surface area contributed by atoms with E-state index in [1.807, 2.05) is 0 Å². The summed E-state index contributed by atoms with van der Waals surface area (Å²) < 4.78 is 34.0. The summed E-state index contributed by atoms with van der Waals surface area (Å²) in [6.07, 6.45) is 0.0703. The molecule has 10 heteroatoms. The SMILES string of the molecule is CCOC(=O)C(=O)[C@H](Cc1ccccc1)[C@H](NS(=O)(=O)c1ccc([N+](=O)[O-])cc1)c1ccccc1. The molecular weight excluding hydrogens is 472 g/mol. The molecule has 0 aliphatic rings. The van der Waals surface area contributed by atoms with Gasteiger partial charge in [0, 0.05) is 12.1 Å². The first-order valence-corrected chi connectivity index (χ1v) is 12.3. The number of nitro benzene ring substituents is 1. The van der Waals surface area contributed by atoms with Crippen molar-refractivity contribution in [2.24, 2.45) is 5.92 Å². The summed E-state index contributed by atoms with van der Waals surface area (Å²) in [4.78, 5) is 35.7. The summed E-state index contributed by atoms with van der Waals surface area (Å²) in [5.74, 6) is -3.04. The Hall–Kier alpha value is -3.89. The van der Waals surface area contributed by atoms with Gasteiger partial charge in [-0.05, 0) is 36.6 Å². The van der Waals surface area contributed by atoms with Crippen LogP contribution >= 0.6 is 0 Å². The second-order valence-electron chi connectivity index (χ2n) is 7.64. The zero-order chi connectivity index (χ0) is 25.4. The van der Waals surface area contributed by atoms with Crippen LogP contribution in [0, 0.1) is 16.0 Å². The number of nitrogens with zero attached hydrogens (tertiary/aromatic N) is 1. The summed E-state index contributed by atoms with van der Waals surface area (Å²) in [5.41, 5.74) is 0.935. The number of nitrogens with one attached hydrogen (secondary N) is 1. The fourth-order valence-electron chi connectivity index (χ4n) is 3.61. The summed E-state index contributed by atoms with van der Waals surface area (Å²) in [7, 11) is -4.24. The van der Waals surface area contributed by atoms with Crippen molar-refractivity contribution in [3.05, 3.63) is 106 Å². The number of ether oxygens (including phenoxy) is 1. The molecule has 2 atom stereocenters. The molecule has 1 N–H and O–H groups in total. The summed E-state index contributed by atoms with van der Waals surface area (Å²) in [6, 6.07) is 20.6. The lowest BCUT2D eigenvalue weighted by atomic mass is 9.85. The molecule has 0 bridgehead atoms. The Morgan fingerprint density at radius 3 is 2.06 bits per heavy atom. The first kappa shape index (κ1) is 25.7. The molecule has 0 unspecified atom stereocenters. The van der Waals surface area contributed by atoms with E-state index in [-0.39, 0.29) is 23.6 Å². The molecule has 0 aliphatic heterocycles. The highest BCUT2D eigenvalue weighted by Gasteiger charge is 2.37. The minimum Gasteiger partial charge on any atom is -0.460 e. The third kappa shape index (κ3) is 6.58. The number of ketones is 1. The summed E-state index contributed by atoms with van der Waals surface area (Å²) >= 11 is 0. The molecule has 0 saturated carbocycles. The lowest BCUT2D eigenvalue weighted by Crippen LogP contribution is -2.40. The van der Waals surface area contributed by atoms with E-state index in [1.165, 1.54) is 0 Å². The second kappa shape index (κ2) is 11.5. The van der Waals surface area contributed by atoms with Crippen LogP contribution in [0.3, 0.4) is 0 Å². The highest BCUT2D eigenvalue weighted by atomic mass is 32.2. The van der Waals surface area contributed by atoms with Gasteiger partial charge in [-0.15, -0.1) is 0 Å². The van der Waals surface area contributed by atoms with Gasteiger partial charge in [0.15, 0.2) is 0 Å². The average molecular weight is 497 g/mol. The van der Waals surface area contributed by atoms with Gasteiger partial charge in [0.2, 0.25) is 15.8 Å². The minimum atomic E-state index is -4.24. The van der Waals surface area contributed by atoms with Gasteiger partial charge in [-0.3, -0.25) is 14.9 Å². The topological polar surface area (TPSA) is 133 Å². The molecule has 9 nitrogen and oxygen atoms in total. The number of nitro groups is 1. The van der Waals surface area contributed by atoms with E-state index in [4.69, 9.17) is 4.74 Å². The Kier molecular flexibility index (Phi) is 8.45. The second-order valence-corrected chi connectivity index (χ2v) is 9.36. The Bertz CT molecular complexity index is 1280. The summed E-state index contributed by atoms with van der Waals surface area (Å²) in [6.45, 7) is 1.57. The molecule has 35 heavy (non-hydrogen) atoms. The quantitative estimate of drug-likeness (QED) is 0.186. The van der Waals surface area contributed by atoms with E-state index in [0.29, 0.717) is 5.56 Å². The number of Topliss-reactive ketones (excluding diaryl/α,β-unsaturated/α-hetero) is 1. The Morgan fingerprint density at radius 2 is 1.51 bits per heavy atom. The van der Waals surface area contributed by atoms with Crippen molar-refractivity contribution < 1.29 is 27.7 Å². The molecule has 3 rings (SSSR count). The smallest absolute Gasteiger partial charge is 0.374 e. The molecule has 0 aromatic heterocycles. The van der Waals surface area contributed by atoms with Gasteiger partial charge < -0.3 is 4.74 Å². The van der Waals surface area contributed by atoms with Crippen LogP contribution in [0.2, 0.25) is 0 Å². The number of esters is 1. The van der Waals surface area contributed by atoms with E-state index < -0.39 is 38.7 Å². The van der Waals surface area contributed by atoms with Crippen molar-refractivity contribution in [1.82, 2.24) is 4.72 Å². The number of hydrogen-bond acceptors (Lipinski definition) is 7. The molecule has 3 aromatic rings. The number of sulfonamides is 1. The van der Waals surface area contributed by atoms with Crippen molar-refractivity contribution in [3.8, 4) is 0 Å². The summed E-state index contributed by atoms with van der Waals surface area (Å²) in [5, 5.41) is 10.9. The lowest BCUT2D eigenvalue weighted by Gasteiger charge is -2.27. The van der Waals surface area contributed by atoms with Gasteiger partial charge >= 0.3 is 5.97 Å². The van der Waals surface area contributed by atoms with Gasteiger partial charge in [-0.25, -0.2) is 17.9 Å². The molecule has 0 amide bonds. The monoisotopic (exact) mass is 496 g/mol. The largest absolute Gasteiger partial charge is 0.460 e. The molecule has 0 spiro atoms.